The molecule has 1 heterocycles. The van der Waals surface area contributed by atoms with Gasteiger partial charge in [-0.05, 0) is 136 Å². The molecule has 30 nitrogen and oxygen atoms in total. The zero-order chi connectivity index (χ0) is 101. The second-order valence-corrected chi connectivity index (χ2v) is 38.4. The van der Waals surface area contributed by atoms with Crippen LogP contribution in [0.2, 0.25) is 0 Å². The molecule has 1 aliphatic heterocycles. The first-order valence-electron chi connectivity index (χ1n) is 47.6. The van der Waals surface area contributed by atoms with Gasteiger partial charge in [0.25, 0.3) is 0 Å². The van der Waals surface area contributed by atoms with Gasteiger partial charge >= 0.3 is 6.09 Å². The zero-order valence-electron chi connectivity index (χ0n) is 83.3. The van der Waals surface area contributed by atoms with Gasteiger partial charge in [0.05, 0.1) is 19.3 Å². The van der Waals surface area contributed by atoms with E-state index in [0.717, 1.165) is 24.2 Å². The summed E-state index contributed by atoms with van der Waals surface area (Å²) in [6.45, 7) is 24.4. The van der Waals surface area contributed by atoms with Crippen molar-refractivity contribution in [3.63, 3.8) is 0 Å². The first-order chi connectivity index (χ1) is 64.9. The van der Waals surface area contributed by atoms with E-state index in [1.54, 1.807) is 182 Å². The normalized spacial score (nSPS) is 15.1. The van der Waals surface area contributed by atoms with Crippen LogP contribution in [-0.4, -0.2) is 263 Å². The van der Waals surface area contributed by atoms with E-state index in [-0.39, 0.29) is 56.5 Å². The van der Waals surface area contributed by atoms with Gasteiger partial charge in [0.15, 0.2) is 6.29 Å². The Morgan fingerprint density at radius 1 is 0.387 bits per heavy atom. The molecule has 0 radical (unpaired) electrons. The molecule has 0 spiro atoms. The summed E-state index contributed by atoms with van der Waals surface area (Å²) in [7, 11) is 8.47. The van der Waals surface area contributed by atoms with E-state index >= 15 is 43.2 Å². The van der Waals surface area contributed by atoms with Crippen LogP contribution in [0.1, 0.15) is 174 Å². The van der Waals surface area contributed by atoms with E-state index in [4.69, 9.17) is 14.2 Å². The number of likely N-dealkylation sites (N-methyl/N-ethyl adjacent to an activating group) is 6. The lowest BCUT2D eigenvalue weighted by atomic mass is 9.79. The highest BCUT2D eigenvalue weighted by molar-refractivity contribution is 6.00. The number of benzene rings is 7. The average Bonchev–Trinajstić information content (AvgIpc) is 0.747. The van der Waals surface area contributed by atoms with E-state index in [2.05, 4.69) is 31.9 Å². The lowest BCUT2D eigenvalue weighted by Crippen LogP contribution is -2.63. The van der Waals surface area contributed by atoms with Crippen molar-refractivity contribution in [3.8, 4) is 0 Å². The predicted molar refractivity (Wildman–Crippen MR) is 526 cm³/mol. The second-order valence-electron chi connectivity index (χ2n) is 38.4. The molecule has 1 fully saturated rings. The Kier molecular flexibility index (Phi) is 41.6. The fourth-order valence-electron chi connectivity index (χ4n) is 17.0. The number of hydrogen-bond donors (Lipinski definition) is 7. The molecule has 1 saturated heterocycles. The minimum atomic E-state index is -1.69. The summed E-state index contributed by atoms with van der Waals surface area (Å²) in [5.41, 5.74) is 2.11. The number of rotatable bonds is 47. The highest BCUT2D eigenvalue weighted by Gasteiger charge is 2.48. The van der Waals surface area contributed by atoms with Gasteiger partial charge in [-0.2, -0.15) is 0 Å². The number of amides is 13. The number of carbonyl (C=O) groups excluding carboxylic acids is 13. The monoisotopic (exact) mass is 1880 g/mol. The Labute approximate surface area is 808 Å². The highest BCUT2D eigenvalue weighted by Crippen LogP contribution is 2.42. The van der Waals surface area contributed by atoms with E-state index in [1.807, 2.05) is 125 Å². The van der Waals surface area contributed by atoms with Gasteiger partial charge in [-0.25, -0.2) is 4.79 Å². The van der Waals surface area contributed by atoms with Gasteiger partial charge in [0, 0.05) is 81.1 Å². The Hall–Kier alpha value is -12.7. The largest absolute Gasteiger partial charge is 0.444 e. The molecule has 0 saturated carbocycles. The van der Waals surface area contributed by atoms with Crippen LogP contribution >= 0.6 is 0 Å². The van der Waals surface area contributed by atoms with E-state index in [9.17, 15) is 24.3 Å². The molecule has 0 aliphatic carbocycles. The summed E-state index contributed by atoms with van der Waals surface area (Å²) in [6.07, 6.45) is -1.94. The molecular weight excluding hydrogens is 1740 g/mol. The third kappa shape index (κ3) is 31.2. The fourth-order valence-corrected chi connectivity index (χ4v) is 17.0. The summed E-state index contributed by atoms with van der Waals surface area (Å²) in [6, 6.07) is 48.8. The molecule has 0 bridgehead atoms. The summed E-state index contributed by atoms with van der Waals surface area (Å²) >= 11 is 0. The number of hydrogen-bond acceptors (Lipinski definition) is 17. The van der Waals surface area contributed by atoms with Gasteiger partial charge in [-0.1, -0.05) is 268 Å². The first kappa shape index (κ1) is 110. The Bertz CT molecular complexity index is 4990. The SMILES string of the molecule is CC(C)C[C@@H](C(=O)N(C)[C@H](C(=O)N[C@@H](Cc1ccccc1)C(=O)N[C@@H](CC(O)OCc1ccccc1)C(=O)N(C)C(Cc1ccccc1)C(=O)N[C@@H](C)C(=O)N1CCCCC1)C(C)C)N(C)C(=O)CNC(=O)[C@H](Cc1ccccc1)N(C)C(=O)[C@@H](NC(=O)[C@H](CC(C)C)N(C)C(=O)[C@@H](NC(=O)[C@H](C)N(C)C(=O)OC(C)(C)C)C(C)C)[C@@H](C)OC(c1ccccc1)(c1ccccc1)c1ccccc1. The van der Waals surface area contributed by atoms with Crippen molar-refractivity contribution in [1.29, 1.82) is 0 Å². The molecule has 7 N–H and O–H groups in total. The third-order valence-electron chi connectivity index (χ3n) is 25.0. The highest BCUT2D eigenvalue weighted by atomic mass is 16.6. The molecule has 1 aliphatic rings. The fraction of sp³-hybridized carbons (Fsp3) is 0.486. The molecule has 8 rings (SSSR count). The quantitative estimate of drug-likeness (QED) is 0.0138. The summed E-state index contributed by atoms with van der Waals surface area (Å²) in [5.74, 6) is -10.4. The molecule has 7 aromatic rings. The minimum absolute atomic E-state index is 0.0217. The maximum atomic E-state index is 16.5. The van der Waals surface area contributed by atoms with E-state index in [1.165, 1.54) is 73.7 Å². The van der Waals surface area contributed by atoms with Crippen LogP contribution in [0.3, 0.4) is 0 Å². The third-order valence-corrected chi connectivity index (χ3v) is 25.0. The number of carbonyl (C=O) groups is 13. The number of likely N-dealkylation sites (tertiary alicyclic amines) is 1. The minimum Gasteiger partial charge on any atom is -0.444 e. The van der Waals surface area contributed by atoms with Gasteiger partial charge < -0.3 is 80.6 Å². The van der Waals surface area contributed by atoms with Gasteiger partial charge in [-0.3, -0.25) is 62.4 Å². The van der Waals surface area contributed by atoms with Crippen molar-refractivity contribution >= 4 is 77.0 Å². The number of aliphatic hydroxyl groups excluding tert-OH is 1. The van der Waals surface area contributed by atoms with E-state index in [0.29, 0.717) is 52.0 Å². The molecule has 13 atom stereocenters. The smallest absolute Gasteiger partial charge is 0.410 e. The van der Waals surface area contributed by atoms with Crippen LogP contribution in [0.25, 0.3) is 0 Å². The molecule has 0 aromatic heterocycles. The van der Waals surface area contributed by atoms with Crippen molar-refractivity contribution in [3.05, 3.63) is 251 Å². The maximum absolute atomic E-state index is 16.5. The standard InChI is InChI=1S/C107H145N13O17/c1-69(2)61-85(117(18)103(132)91(71(5)6)112-94(123)74(10)114(15)105(134)137-106(12,13)14)98(127)113-92(75(11)136-107(80-53-37-25-38-54-80,81-55-39-26-40-56-81)82-57-41-27-42-58-82)104(133)118(19)86(64-77-47-31-22-32-48-77)96(125)108-67-89(121)115(16)88(62-70(3)4)102(131)119(20)93(72(7)8)99(128)110-83(63-76-45-29-21-30-46-76)95(124)111-84(66-90(122)135-68-79-51-35-24-36-52-79)101(130)116(17)87(65-78-49-33-23-34-50-78)97(126)109-73(9)100(129)120-59-43-28-44-60-120/h21-27,29-42,45-58,69-75,83-88,90-93,122H,28,43-44,59-68H2,1-20H3,(H,108,125)(H,109,126)(H,110,128)(H,111,124)(H,112,123)(H,113,127)/t73-,74-,75+,83-,84-,85-,86-,87?,88-,90?,91-,92-,93-/m0/s1. The van der Waals surface area contributed by atoms with Gasteiger partial charge in [-0.15, -0.1) is 0 Å². The topological polar surface area (TPSA) is 365 Å². The van der Waals surface area contributed by atoms with E-state index < -0.39 is 186 Å². The predicted octanol–water partition coefficient (Wildman–Crippen LogP) is 10.4. The van der Waals surface area contributed by atoms with Crippen molar-refractivity contribution in [2.75, 3.05) is 61.9 Å². The Balaban J connectivity index is 1.09. The number of nitrogens with zero attached hydrogens (tertiary/aromatic N) is 7. The van der Waals surface area contributed by atoms with Crippen LogP contribution in [0.5, 0.6) is 0 Å². The molecule has 137 heavy (non-hydrogen) atoms. The number of aliphatic hydroxyl groups is 1. The van der Waals surface area contributed by atoms with Crippen LogP contribution in [-0.2, 0) is 103 Å². The van der Waals surface area contributed by atoms with Gasteiger partial charge in [0.2, 0.25) is 70.9 Å². The summed E-state index contributed by atoms with van der Waals surface area (Å²) < 4.78 is 19.0. The first-order valence-corrected chi connectivity index (χ1v) is 47.6. The zero-order valence-corrected chi connectivity index (χ0v) is 83.3. The molecule has 740 valence electrons. The molecular formula is C107H145N13O17. The number of ether oxygens (including phenoxy) is 3. The second kappa shape index (κ2) is 52.0. The lowest BCUT2D eigenvalue weighted by molar-refractivity contribution is -0.151. The molecule has 2 unspecified atom stereocenters. The lowest BCUT2D eigenvalue weighted by Gasteiger charge is -2.41. The van der Waals surface area contributed by atoms with Crippen molar-refractivity contribution in [2.45, 2.75) is 251 Å². The van der Waals surface area contributed by atoms with Crippen molar-refractivity contribution in [2.24, 2.45) is 23.7 Å². The Morgan fingerprint density at radius 3 is 1.26 bits per heavy atom. The molecule has 30 heteroatoms. The average molecular weight is 1890 g/mol. The summed E-state index contributed by atoms with van der Waals surface area (Å²) in [4.78, 5) is 205. The molecule has 7 aromatic carbocycles. The van der Waals surface area contributed by atoms with Crippen LogP contribution in [0.15, 0.2) is 212 Å². The van der Waals surface area contributed by atoms with Crippen LogP contribution < -0.4 is 31.9 Å². The van der Waals surface area contributed by atoms with Crippen LogP contribution in [0, 0.1) is 23.7 Å². The maximum Gasteiger partial charge on any atom is 0.410 e. The number of nitrogens with one attached hydrogen (secondary N) is 6. The summed E-state index contributed by atoms with van der Waals surface area (Å²) in [5, 5.41) is 29.0. The van der Waals surface area contributed by atoms with Crippen molar-refractivity contribution < 1.29 is 81.6 Å². The Morgan fingerprint density at radius 2 is 0.796 bits per heavy atom. The molecule has 13 amide bonds. The number of piperidine rings is 1. The van der Waals surface area contributed by atoms with Crippen molar-refractivity contribution in [1.82, 2.24) is 66.2 Å². The van der Waals surface area contributed by atoms with Crippen LogP contribution in [0.4, 0.5) is 4.79 Å². The van der Waals surface area contributed by atoms with Gasteiger partial charge in [0.1, 0.15) is 77.7 Å².